The zero-order valence-corrected chi connectivity index (χ0v) is 13.7. The SMILES string of the molecule is Cc1n[nH]c(C)c1CC(=O)Nc1ccccc1Oc1ccccc1. The van der Waals surface area contributed by atoms with Crippen molar-refractivity contribution in [2.75, 3.05) is 5.32 Å². The molecule has 1 heterocycles. The molecule has 0 bridgehead atoms. The van der Waals surface area contributed by atoms with Gasteiger partial charge in [-0.1, -0.05) is 30.3 Å². The summed E-state index contributed by atoms with van der Waals surface area (Å²) < 4.78 is 5.86. The number of aromatic amines is 1. The highest BCUT2D eigenvalue weighted by Gasteiger charge is 2.13. The van der Waals surface area contributed by atoms with E-state index in [-0.39, 0.29) is 12.3 Å². The number of benzene rings is 2. The molecule has 0 fully saturated rings. The van der Waals surface area contributed by atoms with Crippen LogP contribution in [0.3, 0.4) is 0 Å². The highest BCUT2D eigenvalue weighted by atomic mass is 16.5. The van der Waals surface area contributed by atoms with Crippen molar-refractivity contribution in [1.29, 1.82) is 0 Å². The van der Waals surface area contributed by atoms with Gasteiger partial charge in [0.1, 0.15) is 5.75 Å². The maximum absolute atomic E-state index is 12.4. The lowest BCUT2D eigenvalue weighted by Crippen LogP contribution is -2.15. The van der Waals surface area contributed by atoms with Gasteiger partial charge in [0.15, 0.2) is 5.75 Å². The van der Waals surface area contributed by atoms with Crippen LogP contribution < -0.4 is 10.1 Å². The lowest BCUT2D eigenvalue weighted by molar-refractivity contribution is -0.115. The van der Waals surface area contributed by atoms with Gasteiger partial charge < -0.3 is 10.1 Å². The van der Waals surface area contributed by atoms with Crippen molar-refractivity contribution in [2.24, 2.45) is 0 Å². The van der Waals surface area contributed by atoms with Crippen LogP contribution in [0.5, 0.6) is 11.5 Å². The van der Waals surface area contributed by atoms with Crippen molar-refractivity contribution in [3.8, 4) is 11.5 Å². The number of para-hydroxylation sites is 3. The Labute approximate surface area is 140 Å². The zero-order valence-electron chi connectivity index (χ0n) is 13.7. The molecule has 0 unspecified atom stereocenters. The molecule has 0 saturated carbocycles. The van der Waals surface area contributed by atoms with Crippen LogP contribution >= 0.6 is 0 Å². The number of nitrogens with zero attached hydrogens (tertiary/aromatic N) is 1. The van der Waals surface area contributed by atoms with Crippen molar-refractivity contribution >= 4 is 11.6 Å². The first-order valence-corrected chi connectivity index (χ1v) is 7.75. The molecule has 0 radical (unpaired) electrons. The van der Waals surface area contributed by atoms with Gasteiger partial charge in [-0.15, -0.1) is 0 Å². The molecule has 5 heteroatoms. The summed E-state index contributed by atoms with van der Waals surface area (Å²) in [4.78, 5) is 12.4. The van der Waals surface area contributed by atoms with Gasteiger partial charge in [0.05, 0.1) is 17.8 Å². The summed E-state index contributed by atoms with van der Waals surface area (Å²) in [7, 11) is 0. The first-order chi connectivity index (χ1) is 11.6. The molecule has 3 aromatic rings. The van der Waals surface area contributed by atoms with Crippen molar-refractivity contribution in [1.82, 2.24) is 10.2 Å². The summed E-state index contributed by atoms with van der Waals surface area (Å²) in [6, 6.07) is 16.9. The Balaban J connectivity index is 1.74. The minimum Gasteiger partial charge on any atom is -0.455 e. The summed E-state index contributed by atoms with van der Waals surface area (Å²) in [6.07, 6.45) is 0.272. The number of rotatable bonds is 5. The monoisotopic (exact) mass is 321 g/mol. The van der Waals surface area contributed by atoms with E-state index in [1.807, 2.05) is 68.4 Å². The largest absolute Gasteiger partial charge is 0.455 e. The molecule has 1 aromatic heterocycles. The molecule has 0 aliphatic heterocycles. The van der Waals surface area contributed by atoms with Crippen LogP contribution in [-0.2, 0) is 11.2 Å². The second-order valence-electron chi connectivity index (χ2n) is 5.55. The number of amides is 1. The lowest BCUT2D eigenvalue weighted by Gasteiger charge is -2.12. The molecule has 2 aromatic carbocycles. The summed E-state index contributed by atoms with van der Waals surface area (Å²) >= 11 is 0. The predicted molar refractivity (Wildman–Crippen MR) is 93.4 cm³/mol. The number of nitrogens with one attached hydrogen (secondary N) is 2. The number of aryl methyl sites for hydroxylation is 2. The van der Waals surface area contributed by atoms with Gasteiger partial charge in [0.25, 0.3) is 0 Å². The smallest absolute Gasteiger partial charge is 0.229 e. The molecule has 0 saturated heterocycles. The Bertz CT molecular complexity index is 821. The fraction of sp³-hybridized carbons (Fsp3) is 0.158. The Morgan fingerprint density at radius 1 is 1.08 bits per heavy atom. The fourth-order valence-corrected chi connectivity index (χ4v) is 2.46. The zero-order chi connectivity index (χ0) is 16.9. The molecule has 1 amide bonds. The Kier molecular flexibility index (Phi) is 4.61. The number of H-pyrrole nitrogens is 1. The summed E-state index contributed by atoms with van der Waals surface area (Å²) in [6.45, 7) is 3.80. The van der Waals surface area contributed by atoms with E-state index in [1.165, 1.54) is 0 Å². The number of ether oxygens (including phenoxy) is 1. The third-order valence-corrected chi connectivity index (χ3v) is 3.75. The highest BCUT2D eigenvalue weighted by molar-refractivity contribution is 5.94. The van der Waals surface area contributed by atoms with E-state index in [9.17, 15) is 4.79 Å². The van der Waals surface area contributed by atoms with Crippen LogP contribution in [0.2, 0.25) is 0 Å². The standard InChI is InChI=1S/C19H19N3O2/c1-13-16(14(2)22-21-13)12-19(23)20-17-10-6-7-11-18(17)24-15-8-4-3-5-9-15/h3-11H,12H2,1-2H3,(H,20,23)(H,21,22). The van der Waals surface area contributed by atoms with Crippen LogP contribution in [0, 0.1) is 13.8 Å². The molecular weight excluding hydrogens is 302 g/mol. The van der Waals surface area contributed by atoms with Gasteiger partial charge >= 0.3 is 0 Å². The van der Waals surface area contributed by atoms with Crippen LogP contribution in [-0.4, -0.2) is 16.1 Å². The lowest BCUT2D eigenvalue weighted by atomic mass is 10.1. The second-order valence-corrected chi connectivity index (χ2v) is 5.55. The highest BCUT2D eigenvalue weighted by Crippen LogP contribution is 2.29. The number of hydrogen-bond donors (Lipinski definition) is 2. The van der Waals surface area contributed by atoms with E-state index in [4.69, 9.17) is 4.74 Å². The predicted octanol–water partition coefficient (Wildman–Crippen LogP) is 4.00. The average Bonchev–Trinajstić information content (AvgIpc) is 2.89. The second kappa shape index (κ2) is 7.00. The van der Waals surface area contributed by atoms with Crippen LogP contribution in [0.25, 0.3) is 0 Å². The van der Waals surface area contributed by atoms with E-state index in [0.717, 1.165) is 22.7 Å². The van der Waals surface area contributed by atoms with Gasteiger partial charge in [-0.05, 0) is 38.1 Å². The maximum Gasteiger partial charge on any atom is 0.229 e. The van der Waals surface area contributed by atoms with Gasteiger partial charge in [0, 0.05) is 11.3 Å². The molecule has 2 N–H and O–H groups in total. The minimum absolute atomic E-state index is 0.105. The van der Waals surface area contributed by atoms with Gasteiger partial charge in [-0.25, -0.2) is 0 Å². The van der Waals surface area contributed by atoms with E-state index in [2.05, 4.69) is 15.5 Å². The molecule has 0 aliphatic carbocycles. The van der Waals surface area contributed by atoms with E-state index in [1.54, 1.807) is 0 Å². The van der Waals surface area contributed by atoms with Crippen LogP contribution in [0.1, 0.15) is 17.0 Å². The maximum atomic E-state index is 12.4. The number of carbonyl (C=O) groups is 1. The van der Waals surface area contributed by atoms with Crippen molar-refractivity contribution in [2.45, 2.75) is 20.3 Å². The normalized spacial score (nSPS) is 10.4. The third kappa shape index (κ3) is 3.63. The Morgan fingerprint density at radius 3 is 2.50 bits per heavy atom. The molecule has 5 nitrogen and oxygen atoms in total. The van der Waals surface area contributed by atoms with Gasteiger partial charge in [0.2, 0.25) is 5.91 Å². The summed E-state index contributed by atoms with van der Waals surface area (Å²) in [5.41, 5.74) is 3.33. The average molecular weight is 321 g/mol. The van der Waals surface area contributed by atoms with Crippen LogP contribution in [0.4, 0.5) is 5.69 Å². The van der Waals surface area contributed by atoms with E-state index in [0.29, 0.717) is 11.4 Å². The molecular formula is C19H19N3O2. The Hall–Kier alpha value is -3.08. The quantitative estimate of drug-likeness (QED) is 0.746. The first-order valence-electron chi connectivity index (χ1n) is 7.75. The van der Waals surface area contributed by atoms with Crippen molar-refractivity contribution in [3.05, 3.63) is 71.5 Å². The molecule has 0 atom stereocenters. The molecule has 0 aliphatic rings. The molecule has 0 spiro atoms. The molecule has 3 rings (SSSR count). The Morgan fingerprint density at radius 2 is 1.79 bits per heavy atom. The topological polar surface area (TPSA) is 67.0 Å². The van der Waals surface area contributed by atoms with Gasteiger partial charge in [-0.2, -0.15) is 5.10 Å². The van der Waals surface area contributed by atoms with E-state index < -0.39 is 0 Å². The molecule has 24 heavy (non-hydrogen) atoms. The minimum atomic E-state index is -0.105. The summed E-state index contributed by atoms with van der Waals surface area (Å²) in [5.74, 6) is 1.23. The fourth-order valence-electron chi connectivity index (χ4n) is 2.46. The van der Waals surface area contributed by atoms with Gasteiger partial charge in [-0.3, -0.25) is 9.89 Å². The first kappa shape index (κ1) is 15.8. The molecule has 122 valence electrons. The number of aromatic nitrogens is 2. The van der Waals surface area contributed by atoms with Crippen LogP contribution in [0.15, 0.2) is 54.6 Å². The number of carbonyl (C=O) groups excluding carboxylic acids is 1. The van der Waals surface area contributed by atoms with E-state index >= 15 is 0 Å². The number of anilines is 1. The number of hydrogen-bond acceptors (Lipinski definition) is 3. The van der Waals surface area contributed by atoms with Crippen molar-refractivity contribution < 1.29 is 9.53 Å². The summed E-state index contributed by atoms with van der Waals surface area (Å²) in [5, 5.41) is 9.93. The third-order valence-electron chi connectivity index (χ3n) is 3.75. The van der Waals surface area contributed by atoms with Crippen molar-refractivity contribution in [3.63, 3.8) is 0 Å².